The van der Waals surface area contributed by atoms with Gasteiger partial charge < -0.3 is 9.90 Å². The molecule has 1 aromatic carbocycles. The average Bonchev–Trinajstić information content (AvgIpc) is 2.83. The van der Waals surface area contributed by atoms with E-state index in [1.807, 2.05) is 6.92 Å². The van der Waals surface area contributed by atoms with Crippen molar-refractivity contribution in [3.63, 3.8) is 0 Å². The minimum atomic E-state index is -1.30. The summed E-state index contributed by atoms with van der Waals surface area (Å²) in [7, 11) is 0. The number of carboxylic acids is 1. The lowest BCUT2D eigenvalue weighted by atomic mass is 10.1. The van der Waals surface area contributed by atoms with Gasteiger partial charge in [0.1, 0.15) is 10.6 Å². The highest BCUT2D eigenvalue weighted by atomic mass is 32.2. The molecule has 0 bridgehead atoms. The number of thioether (sulfide) groups is 1. The largest absolute Gasteiger partial charge is 0.548 e. The predicted octanol–water partition coefficient (Wildman–Crippen LogP) is 2.01. The van der Waals surface area contributed by atoms with E-state index in [1.165, 1.54) is 0 Å². The number of aliphatic carboxylic acids is 1. The third kappa shape index (κ3) is 4.10. The predicted molar refractivity (Wildman–Crippen MR) is 95.2 cm³/mol. The van der Waals surface area contributed by atoms with Crippen molar-refractivity contribution in [1.82, 2.24) is 4.90 Å². The van der Waals surface area contributed by atoms with E-state index in [2.05, 4.69) is 0 Å². The lowest BCUT2D eigenvalue weighted by molar-refractivity contribution is -0.310. The van der Waals surface area contributed by atoms with Crippen molar-refractivity contribution in [2.75, 3.05) is 0 Å². The third-order valence-corrected chi connectivity index (χ3v) is 4.94. The summed E-state index contributed by atoms with van der Waals surface area (Å²) in [4.78, 5) is 36.1. The van der Waals surface area contributed by atoms with E-state index in [9.17, 15) is 19.5 Å². The maximum absolute atomic E-state index is 12.6. The molecule has 2 rings (SSSR count). The zero-order valence-corrected chi connectivity index (χ0v) is 14.7. The van der Waals surface area contributed by atoms with E-state index < -0.39 is 17.9 Å². The summed E-state index contributed by atoms with van der Waals surface area (Å²) in [6.07, 6.45) is 4.17. The first-order chi connectivity index (χ1) is 11.5. The smallest absolute Gasteiger partial charge is 0.266 e. The van der Waals surface area contributed by atoms with Crippen molar-refractivity contribution in [3.05, 3.63) is 40.3 Å². The van der Waals surface area contributed by atoms with Gasteiger partial charge in [0.15, 0.2) is 0 Å². The SMILES string of the molecule is CCCC[C@@H](C(=O)[O-])N1C(=O)/C(=C/c2ccc(C=O)cc2)SC1=S. The van der Waals surface area contributed by atoms with Gasteiger partial charge in [0.05, 0.1) is 16.9 Å². The van der Waals surface area contributed by atoms with Gasteiger partial charge in [0, 0.05) is 5.56 Å². The topological polar surface area (TPSA) is 77.5 Å². The molecule has 1 heterocycles. The van der Waals surface area contributed by atoms with E-state index in [1.54, 1.807) is 30.3 Å². The van der Waals surface area contributed by atoms with Gasteiger partial charge in [-0.3, -0.25) is 14.5 Å². The maximum atomic E-state index is 12.6. The molecule has 0 aromatic heterocycles. The van der Waals surface area contributed by atoms with Gasteiger partial charge in [-0.1, -0.05) is 68.0 Å². The minimum Gasteiger partial charge on any atom is -0.548 e. The van der Waals surface area contributed by atoms with Crippen molar-refractivity contribution >= 4 is 52.5 Å². The molecule has 0 N–H and O–H groups in total. The summed E-state index contributed by atoms with van der Waals surface area (Å²) in [5.74, 6) is -1.72. The van der Waals surface area contributed by atoms with Crippen LogP contribution in [0.25, 0.3) is 6.08 Å². The standard InChI is InChI=1S/C17H17NO4S2/c1-2-3-4-13(16(21)22)18-15(20)14(24-17(18)23)9-11-5-7-12(10-19)8-6-11/h5-10,13H,2-4H2,1H3,(H,21,22)/p-1/b14-9-/t13-/m0/s1. The first-order valence-electron chi connectivity index (χ1n) is 7.51. The van der Waals surface area contributed by atoms with Gasteiger partial charge >= 0.3 is 0 Å². The Kier molecular flexibility index (Phi) is 6.28. The zero-order valence-electron chi connectivity index (χ0n) is 13.1. The molecule has 1 aromatic rings. The second-order valence-corrected chi connectivity index (χ2v) is 6.99. The molecule has 1 atom stereocenters. The van der Waals surface area contributed by atoms with Crippen molar-refractivity contribution in [3.8, 4) is 0 Å². The number of nitrogens with zero attached hydrogens (tertiary/aromatic N) is 1. The number of hydrogen-bond acceptors (Lipinski definition) is 6. The summed E-state index contributed by atoms with van der Waals surface area (Å²) >= 11 is 6.26. The number of aldehydes is 1. The molecular weight excluding hydrogens is 346 g/mol. The van der Waals surface area contributed by atoms with Gasteiger partial charge in [0.25, 0.3) is 5.91 Å². The van der Waals surface area contributed by atoms with Crippen LogP contribution in [0.2, 0.25) is 0 Å². The van der Waals surface area contributed by atoms with Gasteiger partial charge in [-0.2, -0.15) is 0 Å². The molecule has 1 aliphatic heterocycles. The maximum Gasteiger partial charge on any atom is 0.266 e. The van der Waals surface area contributed by atoms with E-state index in [0.717, 1.165) is 34.9 Å². The number of thiocarbonyl (C=S) groups is 1. The van der Waals surface area contributed by atoms with Crippen LogP contribution >= 0.6 is 24.0 Å². The molecule has 0 aliphatic carbocycles. The number of unbranched alkanes of at least 4 members (excludes halogenated alkanes) is 1. The van der Waals surface area contributed by atoms with E-state index in [0.29, 0.717) is 23.3 Å². The zero-order chi connectivity index (χ0) is 17.7. The molecule has 1 aliphatic rings. The van der Waals surface area contributed by atoms with Crippen LogP contribution < -0.4 is 5.11 Å². The number of hydrogen-bond donors (Lipinski definition) is 0. The van der Waals surface area contributed by atoms with Gasteiger partial charge in [0.2, 0.25) is 0 Å². The van der Waals surface area contributed by atoms with Crippen LogP contribution in [-0.2, 0) is 9.59 Å². The van der Waals surface area contributed by atoms with Crippen molar-refractivity contribution in [2.24, 2.45) is 0 Å². The van der Waals surface area contributed by atoms with E-state index in [-0.39, 0.29) is 4.32 Å². The fourth-order valence-electron chi connectivity index (χ4n) is 2.32. The molecule has 0 saturated carbocycles. The number of carbonyl (C=O) groups is 3. The molecule has 0 unspecified atom stereocenters. The van der Waals surface area contributed by atoms with Crippen LogP contribution in [0.1, 0.15) is 42.1 Å². The number of benzene rings is 1. The summed E-state index contributed by atoms with van der Waals surface area (Å²) in [6, 6.07) is 5.67. The van der Waals surface area contributed by atoms with Gasteiger partial charge in [-0.25, -0.2) is 0 Å². The first kappa shape index (κ1) is 18.4. The second kappa shape index (κ2) is 8.21. The molecule has 0 spiro atoms. The Morgan fingerprint density at radius 2 is 1.96 bits per heavy atom. The third-order valence-electron chi connectivity index (χ3n) is 3.61. The van der Waals surface area contributed by atoms with Crippen LogP contribution in [0.3, 0.4) is 0 Å². The molecule has 5 nitrogen and oxygen atoms in total. The van der Waals surface area contributed by atoms with Crippen LogP contribution in [-0.4, -0.2) is 33.4 Å². The highest BCUT2D eigenvalue weighted by Crippen LogP contribution is 2.34. The lowest BCUT2D eigenvalue weighted by Gasteiger charge is -2.27. The van der Waals surface area contributed by atoms with Crippen molar-refractivity contribution in [2.45, 2.75) is 32.2 Å². The fraction of sp³-hybridized carbons (Fsp3) is 0.294. The minimum absolute atomic E-state index is 0.223. The molecule has 1 saturated heterocycles. The average molecular weight is 362 g/mol. The van der Waals surface area contributed by atoms with Gasteiger partial charge in [-0.05, 0) is 18.1 Å². The molecule has 24 heavy (non-hydrogen) atoms. The Hall–Kier alpha value is -1.99. The number of carbonyl (C=O) groups excluding carboxylic acids is 3. The normalized spacial score (nSPS) is 17.4. The van der Waals surface area contributed by atoms with Gasteiger partial charge in [-0.15, -0.1) is 0 Å². The second-order valence-electron chi connectivity index (χ2n) is 5.31. The van der Waals surface area contributed by atoms with E-state index in [4.69, 9.17) is 12.2 Å². The van der Waals surface area contributed by atoms with Crippen molar-refractivity contribution in [1.29, 1.82) is 0 Å². The number of rotatable bonds is 7. The molecule has 7 heteroatoms. The van der Waals surface area contributed by atoms with Crippen molar-refractivity contribution < 1.29 is 19.5 Å². The van der Waals surface area contributed by atoms with Crippen LogP contribution in [0.5, 0.6) is 0 Å². The lowest BCUT2D eigenvalue weighted by Crippen LogP contribution is -2.49. The Bertz CT molecular complexity index is 697. The quantitative estimate of drug-likeness (QED) is 0.419. The molecule has 126 valence electrons. The Morgan fingerprint density at radius 3 is 2.50 bits per heavy atom. The molecule has 1 fully saturated rings. The highest BCUT2D eigenvalue weighted by Gasteiger charge is 2.37. The summed E-state index contributed by atoms with van der Waals surface area (Å²) in [5, 5.41) is 11.4. The van der Waals surface area contributed by atoms with Crippen LogP contribution in [0, 0.1) is 0 Å². The summed E-state index contributed by atoms with van der Waals surface area (Å²) in [6.45, 7) is 1.94. The fourth-order valence-corrected chi connectivity index (χ4v) is 3.68. The Morgan fingerprint density at radius 1 is 1.33 bits per heavy atom. The Labute approximate surface area is 149 Å². The monoisotopic (exact) mass is 362 g/mol. The number of carboxylic acid groups (broad SMARTS) is 1. The van der Waals surface area contributed by atoms with Crippen LogP contribution in [0.4, 0.5) is 0 Å². The number of amides is 1. The van der Waals surface area contributed by atoms with E-state index >= 15 is 0 Å². The Balaban J connectivity index is 2.24. The highest BCUT2D eigenvalue weighted by molar-refractivity contribution is 8.26. The first-order valence-corrected chi connectivity index (χ1v) is 8.73. The molecular formula is C17H16NO4S2-. The molecule has 1 amide bonds. The summed E-state index contributed by atoms with van der Waals surface area (Å²) in [5.41, 5.74) is 1.27. The van der Waals surface area contributed by atoms with Crippen LogP contribution in [0.15, 0.2) is 29.2 Å². The summed E-state index contributed by atoms with van der Waals surface area (Å²) < 4.78 is 0.223. The molecule has 0 radical (unpaired) electrons.